The van der Waals surface area contributed by atoms with Crippen LogP contribution in [0.4, 0.5) is 0 Å². The number of methoxy groups -OCH3 is 2. The van der Waals surface area contributed by atoms with Gasteiger partial charge < -0.3 is 14.8 Å². The quantitative estimate of drug-likeness (QED) is 0.585. The number of thioether (sulfide) groups is 1. The van der Waals surface area contributed by atoms with E-state index in [-0.39, 0.29) is 6.04 Å². The first-order valence-corrected chi connectivity index (χ1v) is 8.36. The topological polar surface area (TPSA) is 30.5 Å². The molecule has 0 aromatic heterocycles. The molecule has 0 saturated heterocycles. The maximum absolute atomic E-state index is 5.44. The van der Waals surface area contributed by atoms with Crippen LogP contribution in [-0.4, -0.2) is 26.5 Å². The summed E-state index contributed by atoms with van der Waals surface area (Å²) in [7, 11) is 3.38. The first-order valence-electron chi connectivity index (χ1n) is 7.37. The fourth-order valence-electron chi connectivity index (χ4n) is 2.25. The highest BCUT2D eigenvalue weighted by Crippen LogP contribution is 2.29. The van der Waals surface area contributed by atoms with Gasteiger partial charge in [0.2, 0.25) is 0 Å². The van der Waals surface area contributed by atoms with Crippen LogP contribution in [0.15, 0.2) is 53.4 Å². The van der Waals surface area contributed by atoms with Crippen LogP contribution in [0.1, 0.15) is 18.5 Å². The smallest absolute Gasteiger partial charge is 0.123 e. The van der Waals surface area contributed by atoms with E-state index < -0.39 is 0 Å². The van der Waals surface area contributed by atoms with Crippen molar-refractivity contribution in [3.05, 3.63) is 54.1 Å². The second-order valence-corrected chi connectivity index (χ2v) is 6.11. The first-order chi connectivity index (χ1) is 10.7. The zero-order valence-corrected chi connectivity index (χ0v) is 14.2. The van der Waals surface area contributed by atoms with Gasteiger partial charge in [-0.3, -0.25) is 0 Å². The average Bonchev–Trinajstić information content (AvgIpc) is 2.58. The van der Waals surface area contributed by atoms with E-state index >= 15 is 0 Å². The molecular formula is C18H23NO2S. The molecule has 0 spiro atoms. The van der Waals surface area contributed by atoms with Crippen molar-refractivity contribution >= 4 is 11.8 Å². The number of ether oxygens (including phenoxy) is 2. The number of hydrogen-bond acceptors (Lipinski definition) is 4. The highest BCUT2D eigenvalue weighted by Gasteiger charge is 2.12. The van der Waals surface area contributed by atoms with Gasteiger partial charge in [-0.25, -0.2) is 0 Å². The molecule has 0 radical (unpaired) electrons. The molecule has 0 aliphatic rings. The predicted molar refractivity (Wildman–Crippen MR) is 93.1 cm³/mol. The fourth-order valence-corrected chi connectivity index (χ4v) is 3.05. The lowest BCUT2D eigenvalue weighted by Crippen LogP contribution is -2.21. The third-order valence-electron chi connectivity index (χ3n) is 3.47. The normalized spacial score (nSPS) is 12.0. The van der Waals surface area contributed by atoms with Crippen molar-refractivity contribution < 1.29 is 9.47 Å². The SMILES string of the molecule is COc1ccc(OC)c(C(C)NCCSc2ccccc2)c1. The molecule has 1 N–H and O–H groups in total. The Kier molecular flexibility index (Phi) is 6.62. The van der Waals surface area contributed by atoms with Gasteiger partial charge in [0.1, 0.15) is 11.5 Å². The van der Waals surface area contributed by atoms with Crippen LogP contribution in [0.3, 0.4) is 0 Å². The van der Waals surface area contributed by atoms with Crippen molar-refractivity contribution in [2.75, 3.05) is 26.5 Å². The van der Waals surface area contributed by atoms with E-state index in [1.165, 1.54) is 4.90 Å². The number of hydrogen-bond donors (Lipinski definition) is 1. The molecule has 0 amide bonds. The third kappa shape index (κ3) is 4.68. The second-order valence-electron chi connectivity index (χ2n) is 4.95. The summed E-state index contributed by atoms with van der Waals surface area (Å²) in [6, 6.07) is 16.6. The van der Waals surface area contributed by atoms with Crippen molar-refractivity contribution in [1.82, 2.24) is 5.32 Å². The lowest BCUT2D eigenvalue weighted by molar-refractivity contribution is 0.392. The Hall–Kier alpha value is -1.65. The summed E-state index contributed by atoms with van der Waals surface area (Å²) in [6.07, 6.45) is 0. The van der Waals surface area contributed by atoms with Crippen molar-refractivity contribution in [1.29, 1.82) is 0 Å². The minimum Gasteiger partial charge on any atom is -0.497 e. The summed E-state index contributed by atoms with van der Waals surface area (Å²) in [5.41, 5.74) is 1.12. The zero-order chi connectivity index (χ0) is 15.8. The fraction of sp³-hybridized carbons (Fsp3) is 0.333. The van der Waals surface area contributed by atoms with Crippen LogP contribution in [0, 0.1) is 0 Å². The molecule has 2 aromatic rings. The number of rotatable bonds is 8. The van der Waals surface area contributed by atoms with Crippen LogP contribution in [0.2, 0.25) is 0 Å². The molecule has 0 aliphatic heterocycles. The molecule has 2 rings (SSSR count). The molecule has 3 nitrogen and oxygen atoms in total. The lowest BCUT2D eigenvalue weighted by atomic mass is 10.1. The Bertz CT molecular complexity index is 575. The third-order valence-corrected chi connectivity index (χ3v) is 4.48. The van der Waals surface area contributed by atoms with Gasteiger partial charge in [-0.1, -0.05) is 18.2 Å². The van der Waals surface area contributed by atoms with E-state index in [0.29, 0.717) is 0 Å². The van der Waals surface area contributed by atoms with Gasteiger partial charge in [0, 0.05) is 28.8 Å². The maximum Gasteiger partial charge on any atom is 0.123 e. The summed E-state index contributed by atoms with van der Waals surface area (Å²) in [5, 5.41) is 3.54. The van der Waals surface area contributed by atoms with Crippen LogP contribution in [0.25, 0.3) is 0 Å². The minimum atomic E-state index is 0.210. The predicted octanol–water partition coefficient (Wildman–Crippen LogP) is 4.15. The Morgan fingerprint density at radius 3 is 2.50 bits per heavy atom. The molecule has 1 unspecified atom stereocenters. The van der Waals surface area contributed by atoms with Gasteiger partial charge in [-0.05, 0) is 37.3 Å². The summed E-state index contributed by atoms with van der Waals surface area (Å²) in [5.74, 6) is 2.76. The Morgan fingerprint density at radius 2 is 1.82 bits per heavy atom. The summed E-state index contributed by atoms with van der Waals surface area (Å²) >= 11 is 1.86. The number of nitrogens with one attached hydrogen (secondary N) is 1. The maximum atomic E-state index is 5.44. The molecule has 0 saturated carbocycles. The molecule has 118 valence electrons. The van der Waals surface area contributed by atoms with Gasteiger partial charge >= 0.3 is 0 Å². The van der Waals surface area contributed by atoms with Crippen LogP contribution in [0.5, 0.6) is 11.5 Å². The van der Waals surface area contributed by atoms with E-state index in [1.807, 2.05) is 36.0 Å². The molecular weight excluding hydrogens is 294 g/mol. The highest BCUT2D eigenvalue weighted by atomic mass is 32.2. The van der Waals surface area contributed by atoms with Gasteiger partial charge in [-0.2, -0.15) is 0 Å². The van der Waals surface area contributed by atoms with Crippen LogP contribution < -0.4 is 14.8 Å². The number of benzene rings is 2. The Balaban J connectivity index is 1.87. The highest BCUT2D eigenvalue weighted by molar-refractivity contribution is 7.99. The average molecular weight is 317 g/mol. The van der Waals surface area contributed by atoms with Crippen LogP contribution >= 0.6 is 11.8 Å². The largest absolute Gasteiger partial charge is 0.497 e. The first kappa shape index (κ1) is 16.7. The zero-order valence-electron chi connectivity index (χ0n) is 13.3. The molecule has 0 fully saturated rings. The lowest BCUT2D eigenvalue weighted by Gasteiger charge is -2.18. The van der Waals surface area contributed by atoms with Gasteiger partial charge in [-0.15, -0.1) is 11.8 Å². The standard InChI is InChI=1S/C18H23NO2S/c1-14(17-13-15(20-2)9-10-18(17)21-3)19-11-12-22-16-7-5-4-6-8-16/h4-10,13-14,19H,11-12H2,1-3H3. The van der Waals surface area contributed by atoms with E-state index in [2.05, 4.69) is 36.5 Å². The van der Waals surface area contributed by atoms with E-state index in [1.54, 1.807) is 14.2 Å². The van der Waals surface area contributed by atoms with Gasteiger partial charge in [0.25, 0.3) is 0 Å². The molecule has 2 aromatic carbocycles. The van der Waals surface area contributed by atoms with Gasteiger partial charge in [0.15, 0.2) is 0 Å². The summed E-state index contributed by atoms with van der Waals surface area (Å²) in [4.78, 5) is 1.30. The van der Waals surface area contributed by atoms with Crippen molar-refractivity contribution in [3.8, 4) is 11.5 Å². The molecule has 0 aliphatic carbocycles. The van der Waals surface area contributed by atoms with Crippen molar-refractivity contribution in [3.63, 3.8) is 0 Å². The van der Waals surface area contributed by atoms with E-state index in [9.17, 15) is 0 Å². The summed E-state index contributed by atoms with van der Waals surface area (Å²) < 4.78 is 10.7. The summed E-state index contributed by atoms with van der Waals surface area (Å²) in [6.45, 7) is 3.07. The monoisotopic (exact) mass is 317 g/mol. The Labute approximate surface area is 137 Å². The molecule has 0 heterocycles. The van der Waals surface area contributed by atoms with Crippen molar-refractivity contribution in [2.24, 2.45) is 0 Å². The van der Waals surface area contributed by atoms with Crippen LogP contribution in [-0.2, 0) is 0 Å². The van der Waals surface area contributed by atoms with Crippen molar-refractivity contribution in [2.45, 2.75) is 17.9 Å². The van der Waals surface area contributed by atoms with E-state index in [4.69, 9.17) is 9.47 Å². The second kappa shape index (κ2) is 8.71. The molecule has 22 heavy (non-hydrogen) atoms. The molecule has 0 bridgehead atoms. The Morgan fingerprint density at radius 1 is 1.05 bits per heavy atom. The molecule has 4 heteroatoms. The molecule has 1 atom stereocenters. The van der Waals surface area contributed by atoms with Gasteiger partial charge in [0.05, 0.1) is 14.2 Å². The van der Waals surface area contributed by atoms with E-state index in [0.717, 1.165) is 29.4 Å². The minimum absolute atomic E-state index is 0.210.